The summed E-state index contributed by atoms with van der Waals surface area (Å²) in [4.78, 5) is 18.5. The second-order valence-corrected chi connectivity index (χ2v) is 6.82. The summed E-state index contributed by atoms with van der Waals surface area (Å²) in [6, 6.07) is 0. The Hall–Kier alpha value is -1.14. The van der Waals surface area contributed by atoms with E-state index < -0.39 is 11.9 Å². The van der Waals surface area contributed by atoms with Gasteiger partial charge in [0.15, 0.2) is 0 Å². The molecule has 0 saturated carbocycles. The number of hydrogen-bond acceptors (Lipinski definition) is 4. The van der Waals surface area contributed by atoms with E-state index in [1.165, 1.54) is 13.8 Å². The summed E-state index contributed by atoms with van der Waals surface area (Å²) in [5.41, 5.74) is 0. The molecule has 0 saturated heterocycles. The zero-order valence-electron chi connectivity index (χ0n) is 14.9. The third-order valence-electron chi connectivity index (χ3n) is 0.577. The Morgan fingerprint density at radius 3 is 0.700 bits per heavy atom. The molecule has 0 aliphatic carbocycles. The molecule has 0 heterocycles. The van der Waals surface area contributed by atoms with Crippen molar-refractivity contribution in [2.24, 2.45) is 0 Å². The molecule has 6 nitrogen and oxygen atoms in total. The molecule has 0 rings (SSSR count). The van der Waals surface area contributed by atoms with Gasteiger partial charge in [0.25, 0.3) is 0 Å². The van der Waals surface area contributed by atoms with E-state index in [2.05, 4.69) is 56.4 Å². The lowest BCUT2D eigenvalue weighted by Crippen LogP contribution is -2.27. The van der Waals surface area contributed by atoms with E-state index in [1.807, 2.05) is 0 Å². The van der Waals surface area contributed by atoms with Crippen molar-refractivity contribution < 1.29 is 28.8 Å². The fourth-order valence-electron chi connectivity index (χ4n) is 0. The average molecular weight is 294 g/mol. The second-order valence-electron chi connectivity index (χ2n) is 6.82. The molecule has 0 aliphatic heterocycles. The maximum atomic E-state index is 9.26. The molecule has 124 valence electrons. The van der Waals surface area contributed by atoms with Crippen molar-refractivity contribution in [2.75, 3.05) is 56.4 Å². The third-order valence-corrected chi connectivity index (χ3v) is 0.577. The predicted molar refractivity (Wildman–Crippen MR) is 78.5 cm³/mol. The maximum absolute atomic E-state index is 9.26. The number of quaternary nitrogens is 2. The van der Waals surface area contributed by atoms with Crippen molar-refractivity contribution in [1.29, 1.82) is 0 Å². The minimum atomic E-state index is -0.995. The summed E-state index contributed by atoms with van der Waals surface area (Å²) in [6.45, 7) is 3.07. The summed E-state index contributed by atoms with van der Waals surface area (Å²) in [5, 5.41) is 18.5. The van der Waals surface area contributed by atoms with Gasteiger partial charge in [-0.2, -0.15) is 0 Å². The average Bonchev–Trinajstić information content (AvgIpc) is 2.13. The Kier molecular flexibility index (Phi) is 19.4. The number of rotatable bonds is 2. The highest BCUT2D eigenvalue weighted by atomic mass is 16.4. The third kappa shape index (κ3) is 518. The Morgan fingerprint density at radius 1 is 0.650 bits per heavy atom. The number of aliphatic carboxylic acids is 2. The van der Waals surface area contributed by atoms with E-state index in [1.54, 1.807) is 0 Å². The van der Waals surface area contributed by atoms with Crippen LogP contribution >= 0.6 is 0 Å². The van der Waals surface area contributed by atoms with E-state index in [0.717, 1.165) is 8.97 Å². The molecule has 0 N–H and O–H groups in total. The molecule has 6 heteroatoms. The van der Waals surface area contributed by atoms with Crippen molar-refractivity contribution in [3.63, 3.8) is 0 Å². The molecule has 0 spiro atoms. The maximum Gasteiger partial charge on any atom is 0.0675 e. The van der Waals surface area contributed by atoms with Crippen molar-refractivity contribution in [1.82, 2.24) is 0 Å². The number of hydrogen-bond donors (Lipinski definition) is 0. The fourth-order valence-corrected chi connectivity index (χ4v) is 0. The fraction of sp³-hybridized carbons (Fsp3) is 0.857. The van der Waals surface area contributed by atoms with E-state index in [0.29, 0.717) is 0 Å². The van der Waals surface area contributed by atoms with Gasteiger partial charge in [0.1, 0.15) is 0 Å². The topological polar surface area (TPSA) is 80.3 Å². The summed E-state index contributed by atoms with van der Waals surface area (Å²) >= 11 is 0. The van der Waals surface area contributed by atoms with E-state index in [4.69, 9.17) is 0 Å². The smallest absolute Gasteiger partial charge is 0.0675 e. The van der Waals surface area contributed by atoms with Gasteiger partial charge in [-0.3, -0.25) is 0 Å². The van der Waals surface area contributed by atoms with Gasteiger partial charge < -0.3 is 28.8 Å². The highest BCUT2D eigenvalue weighted by Gasteiger charge is 1.88. The van der Waals surface area contributed by atoms with Crippen LogP contribution in [-0.4, -0.2) is 77.3 Å². The van der Waals surface area contributed by atoms with Gasteiger partial charge in [0.05, 0.1) is 56.4 Å². The van der Waals surface area contributed by atoms with Crippen molar-refractivity contribution in [3.05, 3.63) is 0 Å². The van der Waals surface area contributed by atoms with Crippen LogP contribution in [0, 0.1) is 0 Å². The largest absolute Gasteiger partial charge is 0.550 e. The number of carbonyl (C=O) groups excluding carboxylic acids is 2. The Bertz CT molecular complexity index is 203. The molecule has 0 bridgehead atoms. The van der Waals surface area contributed by atoms with Gasteiger partial charge in [0, 0.05) is 11.9 Å². The van der Waals surface area contributed by atoms with Crippen LogP contribution < -0.4 is 10.2 Å². The first-order valence-corrected chi connectivity index (χ1v) is 6.52. The molecule has 0 fully saturated rings. The predicted octanol–water partition coefficient (Wildman–Crippen LogP) is -1.06. The van der Waals surface area contributed by atoms with Gasteiger partial charge in [-0.25, -0.2) is 0 Å². The molecule has 0 aromatic carbocycles. The molecular formula is C14H34N2O4. The Morgan fingerprint density at radius 2 is 0.700 bits per heavy atom. The molecule has 0 aromatic rings. The SMILES string of the molecule is CCC(=O)[O-].CCC(=O)[O-].C[N+](C)(C)C.C[N+](C)(C)C. The Labute approximate surface area is 124 Å². The number of nitrogens with zero attached hydrogens (tertiary/aromatic N) is 2. The molecule has 0 atom stereocenters. The zero-order valence-corrected chi connectivity index (χ0v) is 14.9. The summed E-state index contributed by atoms with van der Waals surface area (Å²) in [7, 11) is 17.0. The van der Waals surface area contributed by atoms with Crippen LogP contribution in [0.1, 0.15) is 26.7 Å². The monoisotopic (exact) mass is 294 g/mol. The van der Waals surface area contributed by atoms with Crippen LogP contribution in [0.3, 0.4) is 0 Å². The van der Waals surface area contributed by atoms with Crippen molar-refractivity contribution in [3.8, 4) is 0 Å². The Balaban J connectivity index is -0.0000000853. The molecule has 0 unspecified atom stereocenters. The number of carbonyl (C=O) groups is 2. The zero-order chi connectivity index (χ0) is 17.6. The molecule has 0 aromatic heterocycles. The molecule has 0 radical (unpaired) electrons. The van der Waals surface area contributed by atoms with E-state index in [-0.39, 0.29) is 12.8 Å². The first kappa shape index (κ1) is 27.2. The van der Waals surface area contributed by atoms with Gasteiger partial charge in [0.2, 0.25) is 0 Å². The normalized spacial score (nSPS) is 9.70. The number of carboxylic acids is 2. The summed E-state index contributed by atoms with van der Waals surface area (Å²) in [6.07, 6.45) is 0.222. The van der Waals surface area contributed by atoms with Crippen molar-refractivity contribution >= 4 is 11.9 Å². The lowest BCUT2D eigenvalue weighted by atomic mass is 10.5. The first-order valence-electron chi connectivity index (χ1n) is 6.52. The molecule has 20 heavy (non-hydrogen) atoms. The van der Waals surface area contributed by atoms with Crippen molar-refractivity contribution in [2.45, 2.75) is 26.7 Å². The highest BCUT2D eigenvalue weighted by Crippen LogP contribution is 1.74. The minimum absolute atomic E-state index is 0.111. The molecule has 0 amide bonds. The number of carboxylic acid groups (broad SMARTS) is 2. The van der Waals surface area contributed by atoms with Crippen LogP contribution in [0.25, 0.3) is 0 Å². The quantitative estimate of drug-likeness (QED) is 0.608. The van der Waals surface area contributed by atoms with Crippen LogP contribution in [0.4, 0.5) is 0 Å². The lowest BCUT2D eigenvalue weighted by molar-refractivity contribution is -0.849. The molecule has 0 aliphatic rings. The van der Waals surface area contributed by atoms with Crippen LogP contribution in [-0.2, 0) is 9.59 Å². The van der Waals surface area contributed by atoms with Gasteiger partial charge >= 0.3 is 0 Å². The highest BCUT2D eigenvalue weighted by molar-refractivity contribution is 5.63. The van der Waals surface area contributed by atoms with Crippen LogP contribution in [0.5, 0.6) is 0 Å². The summed E-state index contributed by atoms with van der Waals surface area (Å²) in [5.74, 6) is -1.99. The van der Waals surface area contributed by atoms with Crippen LogP contribution in [0.2, 0.25) is 0 Å². The van der Waals surface area contributed by atoms with Gasteiger partial charge in [-0.05, 0) is 12.8 Å². The molecular weight excluding hydrogens is 260 g/mol. The first-order chi connectivity index (χ1) is 8.54. The minimum Gasteiger partial charge on any atom is -0.550 e. The van der Waals surface area contributed by atoms with Gasteiger partial charge in [-0.1, -0.05) is 13.8 Å². The lowest BCUT2D eigenvalue weighted by Gasteiger charge is -2.14. The van der Waals surface area contributed by atoms with Crippen LogP contribution in [0.15, 0.2) is 0 Å². The standard InChI is InChI=1S/2C4H12N.2C3H6O2/c2*1-5(2,3)4;2*1-2-3(4)5/h2*1-4H3;2*2H2,1H3,(H,4,5)/q2*+1;;/p-2. The second kappa shape index (κ2) is 14.3. The van der Waals surface area contributed by atoms with E-state index in [9.17, 15) is 19.8 Å². The summed E-state index contributed by atoms with van der Waals surface area (Å²) < 4.78 is 2.00. The van der Waals surface area contributed by atoms with E-state index >= 15 is 0 Å². The van der Waals surface area contributed by atoms with Gasteiger partial charge in [-0.15, -0.1) is 0 Å².